The Morgan fingerprint density at radius 2 is 2.12 bits per heavy atom. The molecular formula is C18H19N3O3. The Labute approximate surface area is 139 Å². The predicted molar refractivity (Wildman–Crippen MR) is 90.6 cm³/mol. The topological polar surface area (TPSA) is 91.3 Å². The maximum absolute atomic E-state index is 11.8. The number of rotatable bonds is 5. The Morgan fingerprint density at radius 3 is 2.88 bits per heavy atom. The van der Waals surface area contributed by atoms with Gasteiger partial charge in [-0.15, -0.1) is 0 Å². The maximum Gasteiger partial charge on any atom is 0.335 e. The van der Waals surface area contributed by atoms with E-state index in [1.165, 1.54) is 36.0 Å². The number of anilines is 1. The van der Waals surface area contributed by atoms with Gasteiger partial charge in [0.05, 0.1) is 5.56 Å². The van der Waals surface area contributed by atoms with Crippen molar-refractivity contribution in [3.63, 3.8) is 0 Å². The number of carbonyl (C=O) groups is 2. The van der Waals surface area contributed by atoms with Crippen molar-refractivity contribution >= 4 is 17.6 Å². The zero-order valence-electron chi connectivity index (χ0n) is 13.4. The van der Waals surface area contributed by atoms with Gasteiger partial charge in [0.2, 0.25) is 0 Å². The molecule has 0 aliphatic carbocycles. The third kappa shape index (κ3) is 3.22. The lowest BCUT2D eigenvalue weighted by Gasteiger charge is -2.09. The van der Waals surface area contributed by atoms with E-state index in [0.717, 1.165) is 19.4 Å². The van der Waals surface area contributed by atoms with Crippen LogP contribution in [0.3, 0.4) is 0 Å². The first-order valence-electron chi connectivity index (χ1n) is 7.89. The lowest BCUT2D eigenvalue weighted by molar-refractivity contribution is 0.0696. The fraction of sp³-hybridized carbons (Fsp3) is 0.278. The number of carboxylic acid groups (broad SMARTS) is 1. The lowest BCUT2D eigenvalue weighted by Crippen LogP contribution is -2.20. The van der Waals surface area contributed by atoms with Gasteiger partial charge in [-0.1, -0.05) is 12.1 Å². The zero-order chi connectivity index (χ0) is 17.1. The second-order valence-electron chi connectivity index (χ2n) is 5.74. The van der Waals surface area contributed by atoms with Crippen LogP contribution in [-0.2, 0) is 19.3 Å². The summed E-state index contributed by atoms with van der Waals surface area (Å²) in [6, 6.07) is 9.01. The number of hydrogen-bond acceptors (Lipinski definition) is 4. The van der Waals surface area contributed by atoms with Gasteiger partial charge in [0, 0.05) is 25.0 Å². The van der Waals surface area contributed by atoms with E-state index in [-0.39, 0.29) is 17.2 Å². The molecule has 3 N–H and O–H groups in total. The van der Waals surface area contributed by atoms with Gasteiger partial charge in [-0.05, 0) is 48.6 Å². The number of aryl methyl sites for hydroxylation is 2. The number of hydrogen-bond donors (Lipinski definition) is 3. The van der Waals surface area contributed by atoms with Gasteiger partial charge in [-0.25, -0.2) is 9.78 Å². The maximum atomic E-state index is 11.8. The number of carboxylic acids is 1. The normalized spacial score (nSPS) is 12.4. The molecule has 1 aromatic carbocycles. The van der Waals surface area contributed by atoms with Crippen molar-refractivity contribution in [3.8, 4) is 0 Å². The van der Waals surface area contributed by atoms with E-state index in [2.05, 4.69) is 27.8 Å². The average Bonchev–Trinajstić information content (AvgIpc) is 3.08. The van der Waals surface area contributed by atoms with Crippen molar-refractivity contribution in [1.82, 2.24) is 10.3 Å². The number of pyridine rings is 1. The van der Waals surface area contributed by atoms with Crippen LogP contribution in [0.15, 0.2) is 30.3 Å². The van der Waals surface area contributed by atoms with Gasteiger partial charge in [0.1, 0.15) is 5.69 Å². The molecule has 1 aliphatic rings. The monoisotopic (exact) mass is 325 g/mol. The van der Waals surface area contributed by atoms with Crippen LogP contribution >= 0.6 is 0 Å². The van der Waals surface area contributed by atoms with Crippen LogP contribution in [0.5, 0.6) is 0 Å². The minimum atomic E-state index is -1.06. The summed E-state index contributed by atoms with van der Waals surface area (Å²) >= 11 is 0. The first-order valence-corrected chi connectivity index (χ1v) is 7.89. The summed E-state index contributed by atoms with van der Waals surface area (Å²) in [6.45, 7) is 0.944. The highest BCUT2D eigenvalue weighted by atomic mass is 16.4. The number of carbonyl (C=O) groups excluding carboxylic acids is 1. The van der Waals surface area contributed by atoms with Gasteiger partial charge >= 0.3 is 5.97 Å². The summed E-state index contributed by atoms with van der Waals surface area (Å²) < 4.78 is 0. The van der Waals surface area contributed by atoms with Crippen LogP contribution in [0, 0.1) is 0 Å². The Bertz CT molecular complexity index is 802. The zero-order valence-corrected chi connectivity index (χ0v) is 13.4. The molecule has 0 bridgehead atoms. The molecule has 1 aromatic heterocycles. The molecule has 2 heterocycles. The molecule has 1 aliphatic heterocycles. The Kier molecular flexibility index (Phi) is 4.46. The second-order valence-corrected chi connectivity index (χ2v) is 5.74. The minimum absolute atomic E-state index is 0.0820. The number of amides is 1. The van der Waals surface area contributed by atoms with Crippen LogP contribution in [0.4, 0.5) is 5.69 Å². The van der Waals surface area contributed by atoms with E-state index in [4.69, 9.17) is 0 Å². The summed E-state index contributed by atoms with van der Waals surface area (Å²) in [6.07, 6.45) is 2.34. The van der Waals surface area contributed by atoms with Crippen LogP contribution in [-0.4, -0.2) is 35.6 Å². The number of benzene rings is 1. The largest absolute Gasteiger partial charge is 0.478 e. The molecule has 3 rings (SSSR count). The van der Waals surface area contributed by atoms with Crippen molar-refractivity contribution in [3.05, 3.63) is 58.4 Å². The van der Waals surface area contributed by atoms with E-state index in [0.29, 0.717) is 12.1 Å². The summed E-state index contributed by atoms with van der Waals surface area (Å²) in [4.78, 5) is 27.4. The fourth-order valence-electron chi connectivity index (χ4n) is 3.00. The molecule has 0 radical (unpaired) electrons. The Hall–Kier alpha value is -2.89. The third-order valence-electron chi connectivity index (χ3n) is 4.20. The molecule has 0 fully saturated rings. The molecule has 2 aromatic rings. The molecule has 24 heavy (non-hydrogen) atoms. The standard InChI is InChI=1S/C18H19N3O3/c1-19-17(22)16-10-12(18(23)24)9-13(21-16)6-5-11-3-2-4-15-14(11)7-8-20-15/h2-4,9-10,20H,5-8H2,1H3,(H,19,22)(H,23,24). The molecule has 0 atom stereocenters. The fourth-order valence-corrected chi connectivity index (χ4v) is 3.00. The SMILES string of the molecule is CNC(=O)c1cc(C(=O)O)cc(CCc2cccc3c2CCN3)n1. The Morgan fingerprint density at radius 1 is 1.29 bits per heavy atom. The van der Waals surface area contributed by atoms with Gasteiger partial charge in [-0.3, -0.25) is 4.79 Å². The van der Waals surface area contributed by atoms with E-state index in [1.807, 2.05) is 6.07 Å². The van der Waals surface area contributed by atoms with Crippen molar-refractivity contribution in [1.29, 1.82) is 0 Å². The first-order chi connectivity index (χ1) is 11.6. The van der Waals surface area contributed by atoms with E-state index >= 15 is 0 Å². The van der Waals surface area contributed by atoms with Crippen LogP contribution in [0.2, 0.25) is 0 Å². The number of aromatic nitrogens is 1. The highest BCUT2D eigenvalue weighted by Gasteiger charge is 2.16. The summed E-state index contributed by atoms with van der Waals surface area (Å²) in [7, 11) is 1.50. The molecule has 0 spiro atoms. The van der Waals surface area contributed by atoms with Gasteiger partial charge in [0.15, 0.2) is 0 Å². The molecule has 0 unspecified atom stereocenters. The van der Waals surface area contributed by atoms with Crippen molar-refractivity contribution in [2.45, 2.75) is 19.3 Å². The Balaban J connectivity index is 1.85. The number of nitrogens with one attached hydrogen (secondary N) is 2. The van der Waals surface area contributed by atoms with E-state index in [9.17, 15) is 14.7 Å². The molecule has 6 nitrogen and oxygen atoms in total. The number of aromatic carboxylic acids is 1. The molecule has 0 saturated carbocycles. The van der Waals surface area contributed by atoms with Gasteiger partial charge in [-0.2, -0.15) is 0 Å². The van der Waals surface area contributed by atoms with Crippen molar-refractivity contribution < 1.29 is 14.7 Å². The van der Waals surface area contributed by atoms with Crippen LogP contribution in [0.1, 0.15) is 37.7 Å². The van der Waals surface area contributed by atoms with E-state index < -0.39 is 5.97 Å². The van der Waals surface area contributed by atoms with Crippen LogP contribution < -0.4 is 10.6 Å². The minimum Gasteiger partial charge on any atom is -0.478 e. The highest BCUT2D eigenvalue weighted by molar-refractivity contribution is 5.95. The van der Waals surface area contributed by atoms with Gasteiger partial charge < -0.3 is 15.7 Å². The number of fused-ring (bicyclic) bond motifs is 1. The van der Waals surface area contributed by atoms with Crippen LogP contribution in [0.25, 0.3) is 0 Å². The highest BCUT2D eigenvalue weighted by Crippen LogP contribution is 2.26. The summed E-state index contributed by atoms with van der Waals surface area (Å²) in [5, 5.41) is 15.1. The lowest BCUT2D eigenvalue weighted by atomic mass is 9.99. The summed E-state index contributed by atoms with van der Waals surface area (Å²) in [5.74, 6) is -1.45. The predicted octanol–water partition coefficient (Wildman–Crippen LogP) is 1.89. The molecule has 124 valence electrons. The average molecular weight is 325 g/mol. The molecule has 1 amide bonds. The molecular weight excluding hydrogens is 306 g/mol. The van der Waals surface area contributed by atoms with E-state index in [1.54, 1.807) is 0 Å². The second kappa shape index (κ2) is 6.70. The smallest absolute Gasteiger partial charge is 0.335 e. The molecule has 6 heteroatoms. The third-order valence-corrected chi connectivity index (χ3v) is 4.20. The number of nitrogens with zero attached hydrogens (tertiary/aromatic N) is 1. The summed E-state index contributed by atoms with van der Waals surface area (Å²) in [5.41, 5.74) is 4.55. The first kappa shape index (κ1) is 16.0. The quantitative estimate of drug-likeness (QED) is 0.781. The van der Waals surface area contributed by atoms with Gasteiger partial charge in [0.25, 0.3) is 5.91 Å². The molecule has 0 saturated heterocycles. The van der Waals surface area contributed by atoms with Crippen molar-refractivity contribution in [2.75, 3.05) is 18.9 Å². The van der Waals surface area contributed by atoms with Crippen molar-refractivity contribution in [2.24, 2.45) is 0 Å².